The van der Waals surface area contributed by atoms with Crippen molar-refractivity contribution in [3.8, 4) is 0 Å². The zero-order chi connectivity index (χ0) is 34.9. The van der Waals surface area contributed by atoms with Gasteiger partial charge < -0.3 is 34.6 Å². The predicted octanol–water partition coefficient (Wildman–Crippen LogP) is 6.44. The van der Waals surface area contributed by atoms with Crippen LogP contribution >= 0.6 is 7.82 Å². The fourth-order valence-corrected chi connectivity index (χ4v) is 6.18. The first-order valence-corrected chi connectivity index (χ1v) is 19.4. The van der Waals surface area contributed by atoms with Crippen molar-refractivity contribution in [2.75, 3.05) is 13.2 Å². The number of carbonyl (C=O) groups is 2. The maximum absolute atomic E-state index is 12.4. The number of unbranched alkanes of at least 4 members (excludes halogenated alkanes) is 12. The Morgan fingerprint density at radius 1 is 0.809 bits per heavy atom. The van der Waals surface area contributed by atoms with E-state index in [1.54, 1.807) is 24.3 Å². The number of hydrogen-bond donors (Lipinski definition) is 5. The molecule has 1 rings (SSSR count). The Bertz CT molecular complexity index is 934. The van der Waals surface area contributed by atoms with Crippen LogP contribution in [0.3, 0.4) is 0 Å². The second-order valence-corrected chi connectivity index (χ2v) is 14.1. The second kappa shape index (κ2) is 26.3. The van der Waals surface area contributed by atoms with Gasteiger partial charge in [0.2, 0.25) is 0 Å². The number of ether oxygens (including phenoxy) is 2. The normalized spacial score (nSPS) is 21.4. The molecular formula is C35H63O11P. The van der Waals surface area contributed by atoms with Crippen LogP contribution in [0.2, 0.25) is 0 Å². The molecule has 0 radical (unpaired) electrons. The molecule has 0 aromatic rings. The van der Waals surface area contributed by atoms with Gasteiger partial charge in [-0.15, -0.1) is 0 Å². The van der Waals surface area contributed by atoms with E-state index in [0.29, 0.717) is 19.3 Å². The first-order valence-electron chi connectivity index (χ1n) is 17.9. The zero-order valence-corrected chi connectivity index (χ0v) is 29.6. The molecule has 0 aromatic heterocycles. The van der Waals surface area contributed by atoms with Gasteiger partial charge in [0.15, 0.2) is 6.10 Å². The lowest BCUT2D eigenvalue weighted by atomic mass is 9.89. The third-order valence-electron chi connectivity index (χ3n) is 8.58. The van der Waals surface area contributed by atoms with E-state index in [1.807, 2.05) is 0 Å². The average Bonchev–Trinajstić information content (AvgIpc) is 3.29. The molecule has 1 saturated carbocycles. The van der Waals surface area contributed by atoms with Crippen molar-refractivity contribution in [1.29, 1.82) is 0 Å². The Hall–Kier alpha value is -1.59. The molecule has 0 unspecified atom stereocenters. The van der Waals surface area contributed by atoms with Crippen molar-refractivity contribution in [2.24, 2.45) is 11.8 Å². The molecule has 0 spiro atoms. The minimum absolute atomic E-state index is 0.110. The third kappa shape index (κ3) is 22.6. The van der Waals surface area contributed by atoms with Crippen LogP contribution in [0.4, 0.5) is 0 Å². The first kappa shape index (κ1) is 43.4. The molecule has 1 aliphatic carbocycles. The summed E-state index contributed by atoms with van der Waals surface area (Å²) in [6.45, 7) is 3.26. The SMILES string of the molecule is CCCCCCCCCCCCCC(=O)O[C@H](COC(=O)C/C=C\C[C@H]1[C@@H](/C=C/[C@H](O)CCCCC)[C@H](O)C[C@@H]1O)COP(=O)(O)O. The van der Waals surface area contributed by atoms with E-state index in [2.05, 4.69) is 18.4 Å². The van der Waals surface area contributed by atoms with Crippen LogP contribution < -0.4 is 0 Å². The number of aliphatic hydroxyl groups excluding tert-OH is 3. The number of carbonyl (C=O) groups excluding carboxylic acids is 2. The molecule has 274 valence electrons. The van der Waals surface area contributed by atoms with Gasteiger partial charge in [-0.25, -0.2) is 4.57 Å². The van der Waals surface area contributed by atoms with Gasteiger partial charge in [0.25, 0.3) is 0 Å². The van der Waals surface area contributed by atoms with E-state index >= 15 is 0 Å². The summed E-state index contributed by atoms with van der Waals surface area (Å²) in [4.78, 5) is 42.8. The van der Waals surface area contributed by atoms with E-state index in [0.717, 1.165) is 38.5 Å². The summed E-state index contributed by atoms with van der Waals surface area (Å²) in [5.74, 6) is -1.78. The summed E-state index contributed by atoms with van der Waals surface area (Å²) in [6, 6.07) is 0. The average molecular weight is 691 g/mol. The lowest BCUT2D eigenvalue weighted by Crippen LogP contribution is -2.29. The predicted molar refractivity (Wildman–Crippen MR) is 181 cm³/mol. The van der Waals surface area contributed by atoms with Crippen molar-refractivity contribution >= 4 is 19.8 Å². The summed E-state index contributed by atoms with van der Waals surface area (Å²) in [7, 11) is -4.82. The molecule has 5 N–H and O–H groups in total. The van der Waals surface area contributed by atoms with Crippen molar-refractivity contribution in [3.63, 3.8) is 0 Å². The maximum atomic E-state index is 12.4. The molecule has 6 atom stereocenters. The highest BCUT2D eigenvalue weighted by molar-refractivity contribution is 7.46. The fourth-order valence-electron chi connectivity index (χ4n) is 5.82. The van der Waals surface area contributed by atoms with Gasteiger partial charge in [-0.05, 0) is 25.2 Å². The first-order chi connectivity index (χ1) is 22.5. The van der Waals surface area contributed by atoms with E-state index in [4.69, 9.17) is 19.3 Å². The van der Waals surface area contributed by atoms with Gasteiger partial charge in [0, 0.05) is 18.8 Å². The lowest BCUT2D eigenvalue weighted by Gasteiger charge is -2.19. The Morgan fingerprint density at radius 2 is 1.40 bits per heavy atom. The van der Waals surface area contributed by atoms with Gasteiger partial charge in [-0.2, -0.15) is 0 Å². The van der Waals surface area contributed by atoms with Gasteiger partial charge >= 0.3 is 19.8 Å². The van der Waals surface area contributed by atoms with Crippen molar-refractivity contribution in [1.82, 2.24) is 0 Å². The highest BCUT2D eigenvalue weighted by Crippen LogP contribution is 2.37. The van der Waals surface area contributed by atoms with Crippen LogP contribution in [0, 0.1) is 11.8 Å². The molecule has 1 fully saturated rings. The molecule has 0 aliphatic heterocycles. The summed E-state index contributed by atoms with van der Waals surface area (Å²) in [6.07, 6.45) is 20.4. The maximum Gasteiger partial charge on any atom is 0.469 e. The summed E-state index contributed by atoms with van der Waals surface area (Å²) in [5, 5.41) is 31.1. The number of phosphoric acid groups is 1. The lowest BCUT2D eigenvalue weighted by molar-refractivity contribution is -0.160. The number of phosphoric ester groups is 1. The molecule has 47 heavy (non-hydrogen) atoms. The zero-order valence-electron chi connectivity index (χ0n) is 28.8. The molecular weight excluding hydrogens is 627 g/mol. The second-order valence-electron chi connectivity index (χ2n) is 12.8. The van der Waals surface area contributed by atoms with Crippen LogP contribution in [-0.2, 0) is 28.2 Å². The van der Waals surface area contributed by atoms with Crippen LogP contribution in [0.25, 0.3) is 0 Å². The van der Waals surface area contributed by atoms with Crippen LogP contribution in [-0.4, -0.2) is 74.7 Å². The highest BCUT2D eigenvalue weighted by atomic mass is 31.2. The Kier molecular flexibility index (Phi) is 24.3. The molecule has 0 saturated heterocycles. The van der Waals surface area contributed by atoms with Gasteiger partial charge in [-0.1, -0.05) is 122 Å². The molecule has 11 nitrogen and oxygen atoms in total. The third-order valence-corrected chi connectivity index (χ3v) is 9.06. The smallest absolute Gasteiger partial charge is 0.461 e. The number of rotatable bonds is 28. The summed E-state index contributed by atoms with van der Waals surface area (Å²) in [5.41, 5.74) is 0. The van der Waals surface area contributed by atoms with E-state index in [1.165, 1.54) is 44.9 Å². The van der Waals surface area contributed by atoms with Crippen LogP contribution in [0.5, 0.6) is 0 Å². The molecule has 0 bridgehead atoms. The van der Waals surface area contributed by atoms with Crippen molar-refractivity contribution in [3.05, 3.63) is 24.3 Å². The van der Waals surface area contributed by atoms with E-state index in [9.17, 15) is 29.5 Å². The van der Waals surface area contributed by atoms with E-state index in [-0.39, 0.29) is 31.1 Å². The van der Waals surface area contributed by atoms with Crippen molar-refractivity contribution in [2.45, 2.75) is 160 Å². The highest BCUT2D eigenvalue weighted by Gasteiger charge is 2.39. The summed E-state index contributed by atoms with van der Waals surface area (Å²) < 4.78 is 26.2. The molecule has 0 amide bonds. The minimum Gasteiger partial charge on any atom is -0.461 e. The van der Waals surface area contributed by atoms with E-state index < -0.39 is 57.4 Å². The Balaban J connectivity index is 2.44. The molecule has 0 heterocycles. The van der Waals surface area contributed by atoms with Gasteiger partial charge in [-0.3, -0.25) is 14.1 Å². The van der Waals surface area contributed by atoms with Crippen LogP contribution in [0.1, 0.15) is 136 Å². The Morgan fingerprint density at radius 3 is 2.02 bits per heavy atom. The molecule has 1 aliphatic rings. The summed E-state index contributed by atoms with van der Waals surface area (Å²) >= 11 is 0. The van der Waals surface area contributed by atoms with Crippen LogP contribution in [0.15, 0.2) is 24.3 Å². The number of esters is 2. The topological polar surface area (TPSA) is 180 Å². The van der Waals surface area contributed by atoms with Gasteiger partial charge in [0.1, 0.15) is 6.61 Å². The molecule has 0 aromatic carbocycles. The monoisotopic (exact) mass is 690 g/mol. The number of allylic oxidation sites excluding steroid dienone is 1. The Labute approximate surface area is 282 Å². The van der Waals surface area contributed by atoms with Crippen molar-refractivity contribution < 1.29 is 53.3 Å². The molecule has 12 heteroatoms. The number of aliphatic hydroxyl groups is 3. The largest absolute Gasteiger partial charge is 0.469 e. The number of hydrogen-bond acceptors (Lipinski definition) is 9. The fraction of sp³-hybridized carbons (Fsp3) is 0.829. The minimum atomic E-state index is -4.82. The van der Waals surface area contributed by atoms with Gasteiger partial charge in [0.05, 0.1) is 31.3 Å². The standard InChI is InChI=1S/C35H63O11P/c1-3-5-7-8-9-10-11-12-13-14-16-22-35(40)46-29(27-45-47(41,42)43)26-44-34(39)21-18-17-20-30-31(33(38)25-32(30)37)24-23-28(36)19-15-6-4-2/h17-18,23-24,28-33,36-38H,3-16,19-22,25-27H2,1-2H3,(H2,41,42,43)/b18-17-,24-23+/t28-,29-,30+,31-,32+,33-/m1/s1. The quantitative estimate of drug-likeness (QED) is 0.0264.